The molecular weight excluding hydrogens is 402 g/mol. The van der Waals surface area contributed by atoms with Crippen LogP contribution in [-0.2, 0) is 0 Å². The second-order valence-electron chi connectivity index (χ2n) is 7.08. The first-order valence-corrected chi connectivity index (χ1v) is 11.4. The van der Waals surface area contributed by atoms with Gasteiger partial charge in [-0.2, -0.15) is 11.8 Å². The zero-order valence-corrected chi connectivity index (χ0v) is 18.2. The van der Waals surface area contributed by atoms with Gasteiger partial charge in [-0.25, -0.2) is 0 Å². The molecule has 1 saturated heterocycles. The molecule has 2 aliphatic heterocycles. The fraction of sp³-hybridized carbons (Fsp3) is 0.435. The van der Waals surface area contributed by atoms with Gasteiger partial charge in [-0.3, -0.25) is 4.79 Å². The van der Waals surface area contributed by atoms with Gasteiger partial charge in [-0.05, 0) is 56.2 Å². The van der Waals surface area contributed by atoms with E-state index in [9.17, 15) is 4.79 Å². The normalized spacial score (nSPS) is 18.1. The molecule has 0 bridgehead atoms. The van der Waals surface area contributed by atoms with Crippen molar-refractivity contribution in [1.29, 1.82) is 0 Å². The van der Waals surface area contributed by atoms with Gasteiger partial charge in [0.25, 0.3) is 5.91 Å². The highest BCUT2D eigenvalue weighted by Gasteiger charge is 2.25. The number of amides is 1. The molecule has 0 radical (unpaired) electrons. The van der Waals surface area contributed by atoms with Gasteiger partial charge in [0, 0.05) is 29.7 Å². The van der Waals surface area contributed by atoms with Crippen LogP contribution in [0.15, 0.2) is 36.4 Å². The molecule has 1 unspecified atom stereocenters. The van der Waals surface area contributed by atoms with Crippen molar-refractivity contribution in [3.05, 3.63) is 47.5 Å². The largest absolute Gasteiger partial charge is 0.490 e. The van der Waals surface area contributed by atoms with E-state index in [2.05, 4.69) is 12.1 Å². The zero-order valence-electron chi connectivity index (χ0n) is 17.4. The van der Waals surface area contributed by atoms with Crippen LogP contribution in [0.5, 0.6) is 23.0 Å². The van der Waals surface area contributed by atoms with Gasteiger partial charge in [0.15, 0.2) is 23.0 Å². The van der Waals surface area contributed by atoms with Crippen LogP contribution in [0, 0.1) is 0 Å². The maximum Gasteiger partial charge on any atom is 0.254 e. The van der Waals surface area contributed by atoms with Crippen molar-refractivity contribution >= 4 is 17.7 Å². The molecule has 160 valence electrons. The topological polar surface area (TPSA) is 57.2 Å². The van der Waals surface area contributed by atoms with Crippen LogP contribution in [-0.4, -0.2) is 49.7 Å². The van der Waals surface area contributed by atoms with E-state index in [0.29, 0.717) is 42.1 Å². The number of rotatable bonds is 6. The fourth-order valence-corrected chi connectivity index (χ4v) is 4.94. The minimum atomic E-state index is 0.0333. The van der Waals surface area contributed by atoms with E-state index in [-0.39, 0.29) is 12.7 Å². The Labute approximate surface area is 181 Å². The summed E-state index contributed by atoms with van der Waals surface area (Å²) in [5.74, 6) is 3.82. The van der Waals surface area contributed by atoms with Gasteiger partial charge in [-0.15, -0.1) is 0 Å². The second-order valence-corrected chi connectivity index (χ2v) is 8.39. The van der Waals surface area contributed by atoms with E-state index < -0.39 is 0 Å². The van der Waals surface area contributed by atoms with Gasteiger partial charge in [-0.1, -0.05) is 6.07 Å². The third kappa shape index (κ3) is 4.46. The van der Waals surface area contributed by atoms with E-state index in [4.69, 9.17) is 18.9 Å². The minimum absolute atomic E-state index is 0.0333. The molecule has 0 aromatic heterocycles. The highest BCUT2D eigenvalue weighted by molar-refractivity contribution is 7.99. The number of carbonyl (C=O) groups is 1. The molecule has 0 saturated carbocycles. The van der Waals surface area contributed by atoms with Gasteiger partial charge < -0.3 is 23.8 Å². The van der Waals surface area contributed by atoms with Crippen LogP contribution in [0.3, 0.4) is 0 Å². The Kier molecular flexibility index (Phi) is 6.57. The Balaban J connectivity index is 1.45. The summed E-state index contributed by atoms with van der Waals surface area (Å²) in [5.41, 5.74) is 1.85. The van der Waals surface area contributed by atoms with Crippen LogP contribution in [0.2, 0.25) is 0 Å². The maximum absolute atomic E-state index is 13.2. The Morgan fingerprint density at radius 1 is 1.03 bits per heavy atom. The Bertz CT molecular complexity index is 903. The summed E-state index contributed by atoms with van der Waals surface area (Å²) in [6.45, 7) is 6.65. The Morgan fingerprint density at radius 3 is 2.67 bits per heavy atom. The van der Waals surface area contributed by atoms with Crippen molar-refractivity contribution in [2.45, 2.75) is 25.5 Å². The maximum atomic E-state index is 13.2. The summed E-state index contributed by atoms with van der Waals surface area (Å²) in [6.07, 6.45) is 0.894. The highest BCUT2D eigenvalue weighted by Crippen LogP contribution is 2.40. The number of hydrogen-bond acceptors (Lipinski definition) is 6. The van der Waals surface area contributed by atoms with Gasteiger partial charge in [0.1, 0.15) is 0 Å². The van der Waals surface area contributed by atoms with Crippen LogP contribution in [0.4, 0.5) is 0 Å². The summed E-state index contributed by atoms with van der Waals surface area (Å²) in [5, 5.41) is 0.330. The van der Waals surface area contributed by atoms with Crippen molar-refractivity contribution in [1.82, 2.24) is 4.90 Å². The van der Waals surface area contributed by atoms with Crippen molar-refractivity contribution in [3.8, 4) is 23.0 Å². The SMILES string of the molecule is CCOc1ccc(C(=O)N2CCSC(c3ccc4c(c3)OCO4)CC2)cc1OCC. The summed E-state index contributed by atoms with van der Waals surface area (Å²) < 4.78 is 22.2. The first kappa shape index (κ1) is 20.7. The molecule has 6 nitrogen and oxygen atoms in total. The molecule has 2 aliphatic rings. The Hall–Kier alpha value is -2.54. The third-order valence-electron chi connectivity index (χ3n) is 5.19. The third-order valence-corrected chi connectivity index (χ3v) is 6.52. The molecule has 0 aliphatic carbocycles. The molecule has 2 aromatic carbocycles. The van der Waals surface area contributed by atoms with Crippen molar-refractivity contribution in [3.63, 3.8) is 0 Å². The molecule has 1 fully saturated rings. The fourth-order valence-electron chi connectivity index (χ4n) is 3.72. The van der Waals surface area contributed by atoms with E-state index >= 15 is 0 Å². The standard InChI is InChI=1S/C23H27NO5S/c1-3-26-18-8-6-17(14-20(18)27-4-2)23(25)24-10-9-22(30-12-11-24)16-5-7-19-21(13-16)29-15-28-19/h5-8,13-14,22H,3-4,9-12,15H2,1-2H3. The lowest BCUT2D eigenvalue weighted by atomic mass is 10.1. The van der Waals surface area contributed by atoms with Crippen LogP contribution >= 0.6 is 11.8 Å². The lowest BCUT2D eigenvalue weighted by Crippen LogP contribution is -2.33. The first-order chi connectivity index (χ1) is 14.7. The quantitative estimate of drug-likeness (QED) is 0.672. The summed E-state index contributed by atoms with van der Waals surface area (Å²) in [6, 6.07) is 11.6. The smallest absolute Gasteiger partial charge is 0.254 e. The highest BCUT2D eigenvalue weighted by atomic mass is 32.2. The number of hydrogen-bond donors (Lipinski definition) is 0. The average molecular weight is 430 g/mol. The van der Waals surface area contributed by atoms with Crippen molar-refractivity contribution in [2.75, 3.05) is 38.8 Å². The van der Waals surface area contributed by atoms with Gasteiger partial charge >= 0.3 is 0 Å². The van der Waals surface area contributed by atoms with E-state index in [1.54, 1.807) is 6.07 Å². The van der Waals surface area contributed by atoms with Crippen molar-refractivity contribution in [2.24, 2.45) is 0 Å². The molecule has 30 heavy (non-hydrogen) atoms. The van der Waals surface area contributed by atoms with Crippen LogP contribution in [0.25, 0.3) is 0 Å². The number of thioether (sulfide) groups is 1. The molecule has 1 atom stereocenters. The lowest BCUT2D eigenvalue weighted by molar-refractivity contribution is 0.0766. The molecule has 1 amide bonds. The van der Waals surface area contributed by atoms with Crippen molar-refractivity contribution < 1.29 is 23.7 Å². The van der Waals surface area contributed by atoms with E-state index in [1.807, 2.05) is 48.7 Å². The predicted octanol–water partition coefficient (Wildman–Crippen LogP) is 4.53. The molecule has 7 heteroatoms. The summed E-state index contributed by atoms with van der Waals surface area (Å²) in [7, 11) is 0. The molecule has 4 rings (SSSR count). The number of carbonyl (C=O) groups excluding carboxylic acids is 1. The second kappa shape index (κ2) is 9.51. The van der Waals surface area contributed by atoms with Gasteiger partial charge in [0.05, 0.1) is 13.2 Å². The Morgan fingerprint density at radius 2 is 1.83 bits per heavy atom. The number of ether oxygens (including phenoxy) is 4. The predicted molar refractivity (Wildman–Crippen MR) is 117 cm³/mol. The molecule has 2 heterocycles. The molecule has 2 aromatic rings. The monoisotopic (exact) mass is 429 g/mol. The van der Waals surface area contributed by atoms with Crippen LogP contribution < -0.4 is 18.9 Å². The molecule has 0 spiro atoms. The lowest BCUT2D eigenvalue weighted by Gasteiger charge is -2.21. The van der Waals surface area contributed by atoms with E-state index in [0.717, 1.165) is 30.2 Å². The number of benzene rings is 2. The molecular formula is C23H27NO5S. The van der Waals surface area contributed by atoms with Crippen LogP contribution in [0.1, 0.15) is 41.4 Å². The average Bonchev–Trinajstić information content (AvgIpc) is 3.09. The molecule has 0 N–H and O–H groups in total. The first-order valence-electron chi connectivity index (χ1n) is 10.4. The minimum Gasteiger partial charge on any atom is -0.490 e. The summed E-state index contributed by atoms with van der Waals surface area (Å²) >= 11 is 1.88. The zero-order chi connectivity index (χ0) is 20.9. The number of fused-ring (bicyclic) bond motifs is 1. The van der Waals surface area contributed by atoms with Gasteiger partial charge in [0.2, 0.25) is 6.79 Å². The summed E-state index contributed by atoms with van der Waals surface area (Å²) in [4.78, 5) is 15.1. The number of nitrogens with zero attached hydrogens (tertiary/aromatic N) is 1. The van der Waals surface area contributed by atoms with E-state index in [1.165, 1.54) is 5.56 Å².